The van der Waals surface area contributed by atoms with Crippen molar-refractivity contribution >= 4 is 43.6 Å². The predicted octanol–water partition coefficient (Wildman–Crippen LogP) is 18.3. The number of para-hydroxylation sites is 3. The minimum atomic E-state index is -0.297. The Morgan fingerprint density at radius 2 is 0.788 bits per heavy atom. The zero-order valence-corrected chi connectivity index (χ0v) is 46.6. The quantitative estimate of drug-likeness (QED) is 0.159. The van der Waals surface area contributed by atoms with E-state index in [4.69, 9.17) is 24.9 Å². The van der Waals surface area contributed by atoms with Crippen molar-refractivity contribution < 1.29 is 0 Å². The fourth-order valence-corrected chi connectivity index (χ4v) is 15.3. The standard InChI is InChI=1S/C78H51N7/c1-45-31-33-48(46(2)82-45)49-17-3-10-27-59(49)74-75(71-56-24-7-4-18-50(56)63-41-47(32-34-60(63)71)84-67-28-14-11-21-53(67)54-22-12-15-29-68(54)84)76(72-57-25-8-5-19-51(57)64-42-79-38-35-61(64)72)83-77(73-58-26-9-6-20-52(58)65-43-80-39-36-62(65)73)78(74)85-69-30-16-13-23-55(69)66-44-81-40-37-70(66)85/h3-44,71-73H,1-2H3. The summed E-state index contributed by atoms with van der Waals surface area (Å²) >= 11 is 0. The van der Waals surface area contributed by atoms with Gasteiger partial charge >= 0.3 is 0 Å². The number of benzene rings is 8. The minimum Gasteiger partial charge on any atom is -0.309 e. The Labute approximate surface area is 490 Å². The molecule has 7 heterocycles. The third-order valence-electron chi connectivity index (χ3n) is 18.7. The number of hydrogen-bond donors (Lipinski definition) is 0. The van der Waals surface area contributed by atoms with Crippen LogP contribution in [0.25, 0.3) is 111 Å². The molecule has 3 atom stereocenters. The Bertz CT molecular complexity index is 5140. The van der Waals surface area contributed by atoms with E-state index in [1.54, 1.807) is 0 Å². The smallest absolute Gasteiger partial charge is 0.0773 e. The van der Waals surface area contributed by atoms with Gasteiger partial charge in [-0.1, -0.05) is 164 Å². The Balaban J connectivity index is 1.06. The molecule has 0 bridgehead atoms. The molecule has 3 unspecified atom stereocenters. The lowest BCUT2D eigenvalue weighted by Crippen LogP contribution is -2.20. The summed E-state index contributed by atoms with van der Waals surface area (Å²) in [6.45, 7) is 4.24. The summed E-state index contributed by atoms with van der Waals surface area (Å²) in [6.07, 6.45) is 12.0. The lowest BCUT2D eigenvalue weighted by Gasteiger charge is -2.32. The molecule has 0 fully saturated rings. The summed E-state index contributed by atoms with van der Waals surface area (Å²) in [5.41, 5.74) is 30.4. The summed E-state index contributed by atoms with van der Waals surface area (Å²) in [5, 5.41) is 4.67. The second kappa shape index (κ2) is 18.3. The summed E-state index contributed by atoms with van der Waals surface area (Å²) < 4.78 is 4.99. The van der Waals surface area contributed by atoms with E-state index in [9.17, 15) is 0 Å². The highest BCUT2D eigenvalue weighted by Gasteiger charge is 2.44. The Kier molecular flexibility index (Phi) is 10.3. The van der Waals surface area contributed by atoms with Crippen LogP contribution in [0.1, 0.15) is 79.5 Å². The van der Waals surface area contributed by atoms with Gasteiger partial charge in [-0.25, -0.2) is 0 Å². The third kappa shape index (κ3) is 6.80. The molecule has 0 saturated carbocycles. The number of aryl methyl sites for hydroxylation is 2. The SMILES string of the molecule is Cc1ccc(-c2ccccc2-c2c(C3c4ccccc4-c4cc(-n5c6ccccc6c6ccccc65)ccc43)c(C3c4ccccc4-c4cnccc43)nc(C3c4ccccc4-c4cnccc43)c2-n2c3ccccc3c3cnccc32)c(C)n1. The molecule has 7 nitrogen and oxygen atoms in total. The second-order valence-electron chi connectivity index (χ2n) is 23.0. The number of hydrogen-bond acceptors (Lipinski definition) is 5. The summed E-state index contributed by atoms with van der Waals surface area (Å²) in [4.78, 5) is 26.3. The van der Waals surface area contributed by atoms with E-state index in [0.717, 1.165) is 94.9 Å². The molecule has 3 aliphatic carbocycles. The van der Waals surface area contributed by atoms with Crippen molar-refractivity contribution in [3.8, 4) is 67.0 Å². The highest BCUT2D eigenvalue weighted by atomic mass is 15.0. The van der Waals surface area contributed by atoms with Gasteiger partial charge in [-0.05, 0) is 141 Å². The largest absolute Gasteiger partial charge is 0.309 e. The predicted molar refractivity (Wildman–Crippen MR) is 343 cm³/mol. The van der Waals surface area contributed by atoms with Gasteiger partial charge in [0.25, 0.3) is 0 Å². The molecule has 398 valence electrons. The van der Waals surface area contributed by atoms with Gasteiger partial charge in [-0.15, -0.1) is 0 Å². The molecule has 0 saturated heterocycles. The maximum absolute atomic E-state index is 6.64. The van der Waals surface area contributed by atoms with Crippen LogP contribution >= 0.6 is 0 Å². The summed E-state index contributed by atoms with van der Waals surface area (Å²) in [5.74, 6) is -0.877. The molecule has 0 N–H and O–H groups in total. The number of aromatic nitrogens is 7. The van der Waals surface area contributed by atoms with Crippen molar-refractivity contribution in [1.82, 2.24) is 34.1 Å². The molecule has 8 aromatic carbocycles. The van der Waals surface area contributed by atoms with Crippen molar-refractivity contribution in [2.75, 3.05) is 0 Å². The van der Waals surface area contributed by atoms with Crippen LogP contribution in [-0.2, 0) is 0 Å². The van der Waals surface area contributed by atoms with Gasteiger partial charge in [-0.3, -0.25) is 24.9 Å². The molecular weight excluding hydrogens is 1030 g/mol. The van der Waals surface area contributed by atoms with Gasteiger partial charge in [0.1, 0.15) is 0 Å². The van der Waals surface area contributed by atoms with E-state index >= 15 is 0 Å². The van der Waals surface area contributed by atoms with Crippen LogP contribution in [0.15, 0.2) is 256 Å². The summed E-state index contributed by atoms with van der Waals surface area (Å²) in [6, 6.07) is 80.9. The Hall–Kier alpha value is -10.9. The van der Waals surface area contributed by atoms with E-state index in [-0.39, 0.29) is 17.8 Å². The maximum Gasteiger partial charge on any atom is 0.0773 e. The molecule has 0 spiro atoms. The molecule has 7 heteroatoms. The van der Waals surface area contributed by atoms with Crippen LogP contribution < -0.4 is 0 Å². The molecule has 7 aromatic heterocycles. The van der Waals surface area contributed by atoms with E-state index in [1.807, 2.05) is 24.8 Å². The van der Waals surface area contributed by atoms with Gasteiger partial charge in [0.15, 0.2) is 0 Å². The van der Waals surface area contributed by atoms with Crippen molar-refractivity contribution in [3.05, 3.63) is 317 Å². The first-order valence-corrected chi connectivity index (χ1v) is 29.3. The third-order valence-corrected chi connectivity index (χ3v) is 18.7. The van der Waals surface area contributed by atoms with Gasteiger partial charge in [0.05, 0.1) is 51.0 Å². The van der Waals surface area contributed by atoms with E-state index in [0.29, 0.717) is 0 Å². The zero-order chi connectivity index (χ0) is 56.0. The van der Waals surface area contributed by atoms with Crippen LogP contribution in [0.5, 0.6) is 0 Å². The van der Waals surface area contributed by atoms with Crippen LogP contribution in [0, 0.1) is 13.8 Å². The van der Waals surface area contributed by atoms with E-state index in [2.05, 4.69) is 254 Å². The Morgan fingerprint density at radius 3 is 1.42 bits per heavy atom. The highest BCUT2D eigenvalue weighted by molar-refractivity contribution is 6.11. The van der Waals surface area contributed by atoms with Crippen LogP contribution in [0.3, 0.4) is 0 Å². The maximum atomic E-state index is 6.64. The first-order chi connectivity index (χ1) is 42.1. The van der Waals surface area contributed by atoms with Gasteiger partial charge in [0, 0.05) is 104 Å². The van der Waals surface area contributed by atoms with Crippen molar-refractivity contribution in [3.63, 3.8) is 0 Å². The van der Waals surface area contributed by atoms with Crippen molar-refractivity contribution in [2.45, 2.75) is 31.6 Å². The van der Waals surface area contributed by atoms with Crippen LogP contribution in [0.2, 0.25) is 0 Å². The fourth-order valence-electron chi connectivity index (χ4n) is 15.3. The molecule has 0 amide bonds. The average Bonchev–Trinajstić information content (AvgIpc) is 1.73. The molecule has 15 aromatic rings. The average molecular weight is 1090 g/mol. The highest BCUT2D eigenvalue weighted by Crippen LogP contribution is 2.60. The molecule has 0 radical (unpaired) electrons. The van der Waals surface area contributed by atoms with Crippen molar-refractivity contribution in [2.24, 2.45) is 0 Å². The molecule has 0 aliphatic heterocycles. The van der Waals surface area contributed by atoms with Crippen LogP contribution in [-0.4, -0.2) is 34.1 Å². The molecular formula is C78H51N7. The number of fused-ring (bicyclic) bond motifs is 15. The molecule has 18 rings (SSSR count). The first kappa shape index (κ1) is 47.7. The van der Waals surface area contributed by atoms with E-state index in [1.165, 1.54) is 77.4 Å². The topological polar surface area (TPSA) is 74.3 Å². The lowest BCUT2D eigenvalue weighted by atomic mass is 9.75. The van der Waals surface area contributed by atoms with Gasteiger partial charge in [0.2, 0.25) is 0 Å². The number of rotatable bonds is 7. The number of nitrogens with zero attached hydrogens (tertiary/aromatic N) is 7. The van der Waals surface area contributed by atoms with Gasteiger partial charge < -0.3 is 9.13 Å². The normalized spacial score (nSPS) is 15.3. The first-order valence-electron chi connectivity index (χ1n) is 29.3. The molecule has 3 aliphatic rings. The van der Waals surface area contributed by atoms with E-state index < -0.39 is 0 Å². The monoisotopic (exact) mass is 1090 g/mol. The van der Waals surface area contributed by atoms with Crippen molar-refractivity contribution in [1.29, 1.82) is 0 Å². The summed E-state index contributed by atoms with van der Waals surface area (Å²) in [7, 11) is 0. The lowest BCUT2D eigenvalue weighted by molar-refractivity contribution is 0.823. The Morgan fingerprint density at radius 1 is 0.318 bits per heavy atom. The number of pyridine rings is 5. The minimum absolute atomic E-state index is 0.283. The van der Waals surface area contributed by atoms with Gasteiger partial charge in [-0.2, -0.15) is 0 Å². The van der Waals surface area contributed by atoms with Crippen LogP contribution in [0.4, 0.5) is 0 Å². The zero-order valence-electron chi connectivity index (χ0n) is 46.6. The second-order valence-corrected chi connectivity index (χ2v) is 23.0. The fraction of sp³-hybridized carbons (Fsp3) is 0.0641. The molecule has 85 heavy (non-hydrogen) atoms.